The van der Waals surface area contributed by atoms with Gasteiger partial charge in [0, 0.05) is 16.0 Å². The molecule has 1 rings (SSSR count). The normalized spacial score (nSPS) is 10.3. The van der Waals surface area contributed by atoms with Crippen molar-refractivity contribution in [1.82, 2.24) is 0 Å². The lowest BCUT2D eigenvalue weighted by Gasteiger charge is -2.11. The minimum atomic E-state index is -1.95. The highest BCUT2D eigenvalue weighted by Crippen LogP contribution is 2.28. The molecule has 0 saturated carbocycles. The molecule has 7 heteroatoms. The van der Waals surface area contributed by atoms with Crippen molar-refractivity contribution in [3.63, 3.8) is 0 Å². The van der Waals surface area contributed by atoms with Crippen LogP contribution in [0.4, 0.5) is 4.39 Å². The van der Waals surface area contributed by atoms with E-state index in [4.69, 9.17) is 26.4 Å². The van der Waals surface area contributed by atoms with Crippen LogP contribution in [-0.2, 0) is 0 Å². The second-order valence-corrected chi connectivity index (χ2v) is 3.91. The molecule has 0 aromatic heterocycles. The van der Waals surface area contributed by atoms with Gasteiger partial charge in [-0.3, -0.25) is 0 Å². The van der Waals surface area contributed by atoms with Gasteiger partial charge in [0.15, 0.2) is 11.6 Å². The fraction of sp³-hybridized carbons (Fsp3) is 0.250. The van der Waals surface area contributed by atoms with E-state index >= 15 is 0 Å². The van der Waals surface area contributed by atoms with Crippen molar-refractivity contribution >= 4 is 40.1 Å². The van der Waals surface area contributed by atoms with Crippen molar-refractivity contribution in [2.75, 3.05) is 6.61 Å². The molecule has 0 aliphatic rings. The molecular weight excluding hydrogens is 289 g/mol. The number of hydrogen-bond acceptors (Lipinski definition) is 3. The van der Waals surface area contributed by atoms with Gasteiger partial charge in [-0.05, 0) is 22.9 Å². The van der Waals surface area contributed by atoms with Gasteiger partial charge in [-0.25, -0.2) is 4.39 Å². The lowest BCUT2D eigenvalue weighted by Crippen LogP contribution is -2.34. The average molecular weight is 297 g/mol. The van der Waals surface area contributed by atoms with Gasteiger partial charge >= 0.3 is 7.12 Å². The number of hydrogen-bond donors (Lipinski definition) is 2. The minimum Gasteiger partial charge on any atom is -0.491 e. The lowest BCUT2D eigenvalue weighted by atomic mass is 9.79. The molecule has 2 N–H and O–H groups in total. The molecule has 0 atom stereocenters. The number of halogens is 3. The molecule has 0 aliphatic heterocycles. The van der Waals surface area contributed by atoms with Crippen LogP contribution in [0, 0.1) is 5.82 Å². The van der Waals surface area contributed by atoms with Crippen LogP contribution in [0.5, 0.6) is 5.75 Å². The van der Waals surface area contributed by atoms with E-state index in [2.05, 4.69) is 15.9 Å². The number of benzene rings is 1. The predicted molar refractivity (Wildman–Crippen MR) is 60.1 cm³/mol. The third-order valence-corrected chi connectivity index (χ3v) is 3.10. The second-order valence-electron chi connectivity index (χ2n) is 2.70. The Kier molecular flexibility index (Phi) is 4.39. The Bertz CT molecular complexity index is 375. The molecule has 0 unspecified atom stereocenters. The molecule has 15 heavy (non-hydrogen) atoms. The summed E-state index contributed by atoms with van der Waals surface area (Å²) >= 11 is 8.72. The molecule has 0 bridgehead atoms. The summed E-state index contributed by atoms with van der Waals surface area (Å²) < 4.78 is 18.7. The summed E-state index contributed by atoms with van der Waals surface area (Å²) in [5.74, 6) is -0.933. The van der Waals surface area contributed by atoms with Crippen LogP contribution in [0.2, 0.25) is 5.02 Å². The Labute approximate surface area is 100 Å². The maximum atomic E-state index is 13.6. The molecule has 0 amide bonds. The maximum absolute atomic E-state index is 13.6. The van der Waals surface area contributed by atoms with E-state index in [-0.39, 0.29) is 27.3 Å². The molecule has 0 saturated heterocycles. The highest BCUT2D eigenvalue weighted by atomic mass is 79.9. The van der Waals surface area contributed by atoms with Crippen molar-refractivity contribution in [2.24, 2.45) is 0 Å². The summed E-state index contributed by atoms with van der Waals surface area (Å²) in [5, 5.41) is 18.1. The SMILES string of the molecule is CCOc1cc(Cl)c(Br)c(B(O)O)c1F. The molecule has 1 aromatic rings. The van der Waals surface area contributed by atoms with Crippen molar-refractivity contribution in [2.45, 2.75) is 6.92 Å². The molecule has 1 aromatic carbocycles. The zero-order valence-corrected chi connectivity index (χ0v) is 10.1. The molecule has 0 heterocycles. The third-order valence-electron chi connectivity index (χ3n) is 1.71. The Balaban J connectivity index is 3.35. The molecule has 0 fully saturated rings. The highest BCUT2D eigenvalue weighted by molar-refractivity contribution is 9.10. The smallest absolute Gasteiger partial charge is 0.491 e. The van der Waals surface area contributed by atoms with Crippen molar-refractivity contribution < 1.29 is 19.2 Å². The molecule has 0 aliphatic carbocycles. The van der Waals surface area contributed by atoms with E-state index in [1.54, 1.807) is 6.92 Å². The van der Waals surface area contributed by atoms with Crippen LogP contribution in [0.25, 0.3) is 0 Å². The van der Waals surface area contributed by atoms with Crippen LogP contribution in [0.3, 0.4) is 0 Å². The summed E-state index contributed by atoms with van der Waals surface area (Å²) in [6.07, 6.45) is 0. The Morgan fingerprint density at radius 3 is 2.67 bits per heavy atom. The van der Waals surface area contributed by atoms with Gasteiger partial charge in [0.2, 0.25) is 0 Å². The summed E-state index contributed by atoms with van der Waals surface area (Å²) in [4.78, 5) is 0. The van der Waals surface area contributed by atoms with E-state index in [1.807, 2.05) is 0 Å². The first-order valence-electron chi connectivity index (χ1n) is 4.15. The van der Waals surface area contributed by atoms with Gasteiger partial charge in [-0.1, -0.05) is 11.6 Å². The van der Waals surface area contributed by atoms with Gasteiger partial charge in [0.05, 0.1) is 11.6 Å². The van der Waals surface area contributed by atoms with Gasteiger partial charge in [-0.2, -0.15) is 0 Å². The topological polar surface area (TPSA) is 49.7 Å². The Morgan fingerprint density at radius 2 is 2.20 bits per heavy atom. The first kappa shape index (κ1) is 12.8. The maximum Gasteiger partial charge on any atom is 0.492 e. The van der Waals surface area contributed by atoms with Gasteiger partial charge in [0.1, 0.15) is 0 Å². The standard InChI is InChI=1S/C8H8BBrClFO3/c1-2-15-5-3-4(11)7(10)6(8(5)12)9(13)14/h3,13-14H,2H2,1H3. The summed E-state index contributed by atoms with van der Waals surface area (Å²) in [6.45, 7) is 1.94. The Hall–Kier alpha value is -0.295. The highest BCUT2D eigenvalue weighted by Gasteiger charge is 2.25. The fourth-order valence-electron chi connectivity index (χ4n) is 1.09. The van der Waals surface area contributed by atoms with Crippen molar-refractivity contribution in [3.8, 4) is 5.75 Å². The number of rotatable bonds is 3. The molecule has 3 nitrogen and oxygen atoms in total. The minimum absolute atomic E-state index is 0.103. The molecule has 82 valence electrons. The third kappa shape index (κ3) is 2.63. The van der Waals surface area contributed by atoms with E-state index in [9.17, 15) is 4.39 Å². The van der Waals surface area contributed by atoms with Gasteiger partial charge < -0.3 is 14.8 Å². The largest absolute Gasteiger partial charge is 0.492 e. The van der Waals surface area contributed by atoms with Crippen LogP contribution >= 0.6 is 27.5 Å². The monoisotopic (exact) mass is 296 g/mol. The van der Waals surface area contributed by atoms with Gasteiger partial charge in [0.25, 0.3) is 0 Å². The lowest BCUT2D eigenvalue weighted by molar-refractivity contribution is 0.321. The molecular formula is C8H8BBrClFO3. The van der Waals surface area contributed by atoms with Crippen LogP contribution in [0.1, 0.15) is 6.92 Å². The van der Waals surface area contributed by atoms with Crippen molar-refractivity contribution in [1.29, 1.82) is 0 Å². The predicted octanol–water partition coefficient (Wildman–Crippen LogP) is 1.32. The van der Waals surface area contributed by atoms with Crippen LogP contribution in [0.15, 0.2) is 10.5 Å². The summed E-state index contributed by atoms with van der Waals surface area (Å²) in [6, 6.07) is 1.27. The quantitative estimate of drug-likeness (QED) is 0.653. The fourth-order valence-corrected chi connectivity index (χ4v) is 1.78. The number of ether oxygens (including phenoxy) is 1. The van der Waals surface area contributed by atoms with E-state index in [0.29, 0.717) is 0 Å². The van der Waals surface area contributed by atoms with E-state index < -0.39 is 12.9 Å². The van der Waals surface area contributed by atoms with Crippen molar-refractivity contribution in [3.05, 3.63) is 21.4 Å². The Morgan fingerprint density at radius 1 is 1.60 bits per heavy atom. The first-order valence-corrected chi connectivity index (χ1v) is 5.32. The molecule has 0 spiro atoms. The summed E-state index contributed by atoms with van der Waals surface area (Å²) in [7, 11) is -1.95. The van der Waals surface area contributed by atoms with Gasteiger partial charge in [-0.15, -0.1) is 0 Å². The zero-order chi connectivity index (χ0) is 11.6. The molecule has 0 radical (unpaired) electrons. The first-order chi connectivity index (χ1) is 6.99. The van der Waals surface area contributed by atoms with Crippen LogP contribution < -0.4 is 10.2 Å². The van der Waals surface area contributed by atoms with Crippen LogP contribution in [-0.4, -0.2) is 23.8 Å². The second kappa shape index (κ2) is 5.16. The average Bonchev–Trinajstić information content (AvgIpc) is 2.14. The van der Waals surface area contributed by atoms with E-state index in [0.717, 1.165) is 0 Å². The van der Waals surface area contributed by atoms with E-state index in [1.165, 1.54) is 6.07 Å². The summed E-state index contributed by atoms with van der Waals surface area (Å²) in [5.41, 5.74) is -0.328. The zero-order valence-electron chi connectivity index (χ0n) is 7.80.